The van der Waals surface area contributed by atoms with Crippen LogP contribution in [0.2, 0.25) is 6.82 Å². The van der Waals surface area contributed by atoms with Gasteiger partial charge in [0.2, 0.25) is 0 Å². The van der Waals surface area contributed by atoms with Crippen LogP contribution in [0.15, 0.2) is 12.1 Å². The fourth-order valence-corrected chi connectivity index (χ4v) is 1.91. The average Bonchev–Trinajstić information content (AvgIpc) is 2.41. The minimum atomic E-state index is 1.10. The van der Waals surface area contributed by atoms with Crippen LogP contribution in [-0.2, 0) is 7.05 Å². The van der Waals surface area contributed by atoms with E-state index in [2.05, 4.69) is 45.2 Å². The van der Waals surface area contributed by atoms with Gasteiger partial charge in [0.25, 0.3) is 0 Å². The van der Waals surface area contributed by atoms with E-state index in [0.29, 0.717) is 0 Å². The Bertz CT molecular complexity index is 485. The van der Waals surface area contributed by atoms with Crippen molar-refractivity contribution in [3.63, 3.8) is 0 Å². The zero-order valence-corrected chi connectivity index (χ0v) is 9.13. The van der Waals surface area contributed by atoms with Gasteiger partial charge in [-0.3, -0.25) is 4.68 Å². The van der Waals surface area contributed by atoms with Crippen LogP contribution < -0.4 is 5.46 Å². The van der Waals surface area contributed by atoms with Crippen molar-refractivity contribution >= 4 is 23.6 Å². The van der Waals surface area contributed by atoms with Gasteiger partial charge >= 0.3 is 0 Å². The van der Waals surface area contributed by atoms with E-state index in [1.165, 1.54) is 21.9 Å². The molecule has 71 valence electrons. The van der Waals surface area contributed by atoms with Gasteiger partial charge in [0.1, 0.15) is 7.28 Å². The van der Waals surface area contributed by atoms with Gasteiger partial charge in [-0.2, -0.15) is 5.10 Å². The van der Waals surface area contributed by atoms with Gasteiger partial charge in [-0.1, -0.05) is 17.8 Å². The molecular weight excluding hydrogens is 171 g/mol. The normalized spacial score (nSPS) is 10.9. The lowest BCUT2D eigenvalue weighted by atomic mass is 9.71. The van der Waals surface area contributed by atoms with Crippen molar-refractivity contribution in [2.45, 2.75) is 20.7 Å². The lowest BCUT2D eigenvalue weighted by molar-refractivity contribution is 0.783. The van der Waals surface area contributed by atoms with Crippen molar-refractivity contribution in [2.24, 2.45) is 7.05 Å². The number of aromatic nitrogens is 2. The highest BCUT2D eigenvalue weighted by Gasteiger charge is 2.07. The van der Waals surface area contributed by atoms with Gasteiger partial charge in [-0.25, -0.2) is 0 Å². The third-order valence-electron chi connectivity index (χ3n) is 2.73. The van der Waals surface area contributed by atoms with Gasteiger partial charge in [0, 0.05) is 12.4 Å². The molecule has 0 aliphatic heterocycles. The summed E-state index contributed by atoms with van der Waals surface area (Å²) >= 11 is 0. The summed E-state index contributed by atoms with van der Waals surface area (Å²) in [6.07, 6.45) is 0. The molecule has 14 heavy (non-hydrogen) atoms. The molecule has 3 heteroatoms. The van der Waals surface area contributed by atoms with E-state index in [1.54, 1.807) is 0 Å². The van der Waals surface area contributed by atoms with Crippen LogP contribution in [0, 0.1) is 13.8 Å². The summed E-state index contributed by atoms with van der Waals surface area (Å²) in [7, 11) is 4.13. The second kappa shape index (κ2) is 3.16. The van der Waals surface area contributed by atoms with E-state index in [1.807, 2.05) is 11.7 Å². The largest absolute Gasteiger partial charge is 0.268 e. The van der Waals surface area contributed by atoms with Gasteiger partial charge in [-0.05, 0) is 26.0 Å². The van der Waals surface area contributed by atoms with Crippen molar-refractivity contribution < 1.29 is 0 Å². The number of hydrogen-bond acceptors (Lipinski definition) is 1. The first-order valence-electron chi connectivity index (χ1n) is 4.87. The molecule has 0 saturated carbocycles. The molecule has 0 N–H and O–H groups in total. The summed E-state index contributed by atoms with van der Waals surface area (Å²) in [6, 6.07) is 4.41. The van der Waals surface area contributed by atoms with Crippen molar-refractivity contribution in [3.05, 3.63) is 23.4 Å². The molecule has 1 aromatic heterocycles. The quantitative estimate of drug-likeness (QED) is 0.616. The van der Waals surface area contributed by atoms with Crippen LogP contribution in [0.3, 0.4) is 0 Å². The molecule has 0 saturated heterocycles. The average molecular weight is 185 g/mol. The highest BCUT2D eigenvalue weighted by molar-refractivity contribution is 6.53. The van der Waals surface area contributed by atoms with Crippen LogP contribution in [0.1, 0.15) is 11.3 Å². The smallest absolute Gasteiger partial charge is 0.148 e. The molecule has 1 aromatic carbocycles. The van der Waals surface area contributed by atoms with Crippen molar-refractivity contribution in [3.8, 4) is 0 Å². The SMILES string of the molecule is C[B]c1cc2c(cc1C)c(C)nn2C. The van der Waals surface area contributed by atoms with Crippen LogP contribution in [0.25, 0.3) is 10.9 Å². The Morgan fingerprint density at radius 2 is 2.00 bits per heavy atom. The molecule has 0 unspecified atom stereocenters. The monoisotopic (exact) mass is 185 g/mol. The van der Waals surface area contributed by atoms with Crippen molar-refractivity contribution in [2.75, 3.05) is 0 Å². The maximum atomic E-state index is 4.41. The third-order valence-corrected chi connectivity index (χ3v) is 2.73. The molecule has 0 fully saturated rings. The highest BCUT2D eigenvalue weighted by Crippen LogP contribution is 2.17. The maximum Gasteiger partial charge on any atom is 0.148 e. The lowest BCUT2D eigenvalue weighted by Gasteiger charge is -2.03. The lowest BCUT2D eigenvalue weighted by Crippen LogP contribution is -2.14. The molecule has 2 aromatic rings. The van der Waals surface area contributed by atoms with E-state index in [4.69, 9.17) is 0 Å². The standard InChI is InChI=1S/C11H14BN2/c1-7-5-9-8(2)13-14(4)11(9)6-10(7)12-3/h5-6H,1-4H3. The molecule has 0 aliphatic rings. The Morgan fingerprint density at radius 1 is 1.29 bits per heavy atom. The summed E-state index contributed by atoms with van der Waals surface area (Å²) < 4.78 is 1.94. The Labute approximate surface area is 85.2 Å². The molecule has 0 bridgehead atoms. The van der Waals surface area contributed by atoms with E-state index in [9.17, 15) is 0 Å². The minimum absolute atomic E-state index is 1.10. The van der Waals surface area contributed by atoms with Gasteiger partial charge in [0.05, 0.1) is 11.2 Å². The molecule has 0 amide bonds. The maximum absolute atomic E-state index is 4.41. The summed E-state index contributed by atoms with van der Waals surface area (Å²) in [5.41, 5.74) is 4.92. The summed E-state index contributed by atoms with van der Waals surface area (Å²) in [5.74, 6) is 0. The third kappa shape index (κ3) is 1.24. The number of rotatable bonds is 1. The molecule has 2 nitrogen and oxygen atoms in total. The van der Waals surface area contributed by atoms with Crippen molar-refractivity contribution in [1.29, 1.82) is 0 Å². The number of aryl methyl sites for hydroxylation is 3. The van der Waals surface area contributed by atoms with Crippen molar-refractivity contribution in [1.82, 2.24) is 9.78 Å². The van der Waals surface area contributed by atoms with Crippen LogP contribution in [-0.4, -0.2) is 17.1 Å². The summed E-state index contributed by atoms with van der Waals surface area (Å²) in [4.78, 5) is 0. The molecule has 1 radical (unpaired) electrons. The van der Waals surface area contributed by atoms with Gasteiger partial charge < -0.3 is 0 Å². The molecular formula is C11H14BN2. The highest BCUT2D eigenvalue weighted by atomic mass is 15.3. The molecule has 1 heterocycles. The molecule has 0 aliphatic carbocycles. The zero-order chi connectivity index (χ0) is 10.3. The number of benzene rings is 1. The minimum Gasteiger partial charge on any atom is -0.268 e. The van der Waals surface area contributed by atoms with Crippen LogP contribution >= 0.6 is 0 Å². The second-order valence-electron chi connectivity index (χ2n) is 3.72. The first-order chi connectivity index (χ1) is 6.63. The Kier molecular flexibility index (Phi) is 2.10. The Morgan fingerprint density at radius 3 is 2.64 bits per heavy atom. The predicted octanol–water partition coefficient (Wildman–Crippen LogP) is 1.57. The topological polar surface area (TPSA) is 17.8 Å². The fourth-order valence-electron chi connectivity index (χ4n) is 1.91. The first-order valence-corrected chi connectivity index (χ1v) is 4.87. The number of fused-ring (bicyclic) bond motifs is 1. The first kappa shape index (κ1) is 9.32. The summed E-state index contributed by atoms with van der Waals surface area (Å²) in [5, 5.41) is 5.67. The van der Waals surface area contributed by atoms with E-state index in [0.717, 1.165) is 5.69 Å². The van der Waals surface area contributed by atoms with E-state index < -0.39 is 0 Å². The van der Waals surface area contributed by atoms with E-state index in [-0.39, 0.29) is 0 Å². The molecule has 0 spiro atoms. The molecule has 2 rings (SSSR count). The number of hydrogen-bond donors (Lipinski definition) is 0. The Hall–Kier alpha value is -1.25. The zero-order valence-electron chi connectivity index (χ0n) is 9.13. The van der Waals surface area contributed by atoms with Gasteiger partial charge in [-0.15, -0.1) is 0 Å². The fraction of sp³-hybridized carbons (Fsp3) is 0.364. The Balaban J connectivity index is 2.82. The van der Waals surface area contributed by atoms with Crippen LogP contribution in [0.5, 0.6) is 0 Å². The van der Waals surface area contributed by atoms with Gasteiger partial charge in [0.15, 0.2) is 0 Å². The number of nitrogens with zero attached hydrogens (tertiary/aromatic N) is 2. The van der Waals surface area contributed by atoms with Crippen LogP contribution in [0.4, 0.5) is 0 Å². The van der Waals surface area contributed by atoms with E-state index >= 15 is 0 Å². The molecule has 0 atom stereocenters. The predicted molar refractivity (Wildman–Crippen MR) is 61.4 cm³/mol. The second-order valence-corrected chi connectivity index (χ2v) is 3.72. The summed E-state index contributed by atoms with van der Waals surface area (Å²) in [6.45, 7) is 6.26.